The van der Waals surface area contributed by atoms with E-state index in [2.05, 4.69) is 12.1 Å². The Bertz CT molecular complexity index is 2080. The lowest BCUT2D eigenvalue weighted by Gasteiger charge is -2.27. The molecule has 2 N–H and O–H groups in total. The van der Waals surface area contributed by atoms with Crippen LogP contribution in [0, 0.1) is 0 Å². The summed E-state index contributed by atoms with van der Waals surface area (Å²) >= 11 is 0. The van der Waals surface area contributed by atoms with Gasteiger partial charge in [-0.15, -0.1) is 0 Å². The highest BCUT2D eigenvalue weighted by atomic mass is 32.2. The molecule has 1 fully saturated rings. The first kappa shape index (κ1) is 37.3. The molecule has 0 saturated heterocycles. The van der Waals surface area contributed by atoms with Crippen LogP contribution in [-0.4, -0.2) is 38.2 Å². The van der Waals surface area contributed by atoms with E-state index in [1.807, 2.05) is 72.8 Å². The van der Waals surface area contributed by atoms with Gasteiger partial charge in [0.2, 0.25) is 15.9 Å². The molecule has 0 aliphatic heterocycles. The minimum absolute atomic E-state index is 0.0295. The van der Waals surface area contributed by atoms with Crippen LogP contribution >= 0.6 is 0 Å². The molecule has 5 aromatic carbocycles. The van der Waals surface area contributed by atoms with Crippen LogP contribution in [0.15, 0.2) is 132 Å². The molecule has 1 saturated carbocycles. The Morgan fingerprint density at radius 3 is 2.00 bits per heavy atom. The van der Waals surface area contributed by atoms with Gasteiger partial charge in [0.05, 0.1) is 18.0 Å². The van der Waals surface area contributed by atoms with E-state index in [4.69, 9.17) is 15.2 Å². The van der Waals surface area contributed by atoms with Gasteiger partial charge in [-0.05, 0) is 77.4 Å². The van der Waals surface area contributed by atoms with Crippen LogP contribution in [0.1, 0.15) is 70.6 Å². The summed E-state index contributed by atoms with van der Waals surface area (Å²) in [5.74, 6) is -0.274. The number of benzene rings is 5. The highest BCUT2D eigenvalue weighted by molar-refractivity contribution is 7.89. The fraction of sp³-hybridized carbons (Fsp3) is 0.256. The quantitative estimate of drug-likeness (QED) is 0.0906. The Labute approximate surface area is 312 Å². The molecule has 1 aliphatic carbocycles. The second-order valence-electron chi connectivity index (χ2n) is 13.4. The van der Waals surface area contributed by atoms with Gasteiger partial charge in [0.15, 0.2) is 0 Å². The summed E-state index contributed by atoms with van der Waals surface area (Å²) in [5.41, 5.74) is 10.8. The number of sulfonamides is 1. The first-order valence-electron chi connectivity index (χ1n) is 17.9. The zero-order valence-electron chi connectivity index (χ0n) is 29.9. The minimum Gasteiger partial charge on any atom is -0.488 e. The molecule has 0 atom stereocenters. The van der Waals surface area contributed by atoms with E-state index in [0.29, 0.717) is 17.3 Å². The first-order chi connectivity index (χ1) is 25.7. The number of rotatable bonds is 14. The molecule has 0 unspecified atom stereocenters. The molecule has 1 amide bonds. The average molecular weight is 732 g/mol. The van der Waals surface area contributed by atoms with Crippen molar-refractivity contribution in [3.8, 4) is 5.75 Å². The maximum absolute atomic E-state index is 14.2. The third-order valence-corrected chi connectivity index (χ3v) is 11.4. The molecule has 5 aromatic rings. The Kier molecular flexibility index (Phi) is 12.2. The first-order valence-corrected chi connectivity index (χ1v) is 19.3. The number of carbonyl (C=O) groups excluding carboxylic acids is 2. The molecule has 274 valence electrons. The summed E-state index contributed by atoms with van der Waals surface area (Å²) in [7, 11) is -2.63. The Hall–Kier alpha value is -5.45. The van der Waals surface area contributed by atoms with Gasteiger partial charge in [0.25, 0.3) is 0 Å². The third-order valence-electron chi connectivity index (χ3n) is 9.59. The summed E-state index contributed by atoms with van der Waals surface area (Å²) in [6, 6.07) is 38.0. The van der Waals surface area contributed by atoms with Crippen LogP contribution in [0.2, 0.25) is 0 Å². The highest BCUT2D eigenvalue weighted by Crippen LogP contribution is 2.34. The van der Waals surface area contributed by atoms with Crippen molar-refractivity contribution in [2.24, 2.45) is 0 Å². The number of amides is 1. The van der Waals surface area contributed by atoms with E-state index in [1.165, 1.54) is 73.9 Å². The van der Waals surface area contributed by atoms with Gasteiger partial charge in [-0.25, -0.2) is 13.2 Å². The van der Waals surface area contributed by atoms with E-state index in [-0.39, 0.29) is 36.0 Å². The van der Waals surface area contributed by atoms with Gasteiger partial charge in [0.1, 0.15) is 24.5 Å². The van der Waals surface area contributed by atoms with E-state index in [9.17, 15) is 18.0 Å². The molecule has 0 spiro atoms. The third kappa shape index (κ3) is 9.71. The van der Waals surface area contributed by atoms with Crippen molar-refractivity contribution in [2.75, 3.05) is 24.2 Å². The van der Waals surface area contributed by atoms with Crippen LogP contribution in [0.5, 0.6) is 5.75 Å². The van der Waals surface area contributed by atoms with Crippen molar-refractivity contribution in [3.63, 3.8) is 0 Å². The summed E-state index contributed by atoms with van der Waals surface area (Å²) < 4.78 is 39.9. The molecule has 1 aliphatic rings. The number of esters is 1. The molecule has 10 heteroatoms. The molecule has 0 aromatic heterocycles. The van der Waals surface area contributed by atoms with E-state index >= 15 is 0 Å². The number of anilines is 2. The molecule has 0 bridgehead atoms. The maximum atomic E-state index is 14.2. The van der Waals surface area contributed by atoms with Crippen LogP contribution < -0.4 is 15.4 Å². The second kappa shape index (κ2) is 17.4. The number of nitrogen functional groups attached to an aromatic ring is 1. The van der Waals surface area contributed by atoms with Crippen molar-refractivity contribution >= 4 is 33.3 Å². The van der Waals surface area contributed by atoms with Gasteiger partial charge in [-0.3, -0.25) is 4.79 Å². The summed E-state index contributed by atoms with van der Waals surface area (Å²) in [6.07, 6.45) is 6.07. The zero-order chi connectivity index (χ0) is 37.2. The normalized spacial score (nSPS) is 13.4. The topological polar surface area (TPSA) is 119 Å². The van der Waals surface area contributed by atoms with Gasteiger partial charge in [-0.1, -0.05) is 104 Å². The number of likely N-dealkylation sites (N-methyl/N-ethyl adjacent to an activating group) is 1. The summed E-state index contributed by atoms with van der Waals surface area (Å²) in [5, 5.41) is 0. The van der Waals surface area contributed by atoms with Gasteiger partial charge < -0.3 is 20.1 Å². The summed E-state index contributed by atoms with van der Waals surface area (Å²) in [4.78, 5) is 29.3. The van der Waals surface area contributed by atoms with Crippen LogP contribution in [0.25, 0.3) is 0 Å². The largest absolute Gasteiger partial charge is 0.488 e. The molecular formula is C43H45N3O6S. The highest BCUT2D eigenvalue weighted by Gasteiger charge is 2.28. The molecular weight excluding hydrogens is 687 g/mol. The zero-order valence-corrected chi connectivity index (χ0v) is 30.7. The van der Waals surface area contributed by atoms with Crippen molar-refractivity contribution in [2.45, 2.75) is 62.7 Å². The van der Waals surface area contributed by atoms with E-state index < -0.39 is 28.4 Å². The minimum atomic E-state index is -4.01. The van der Waals surface area contributed by atoms with E-state index in [0.717, 1.165) is 21.0 Å². The predicted molar refractivity (Wildman–Crippen MR) is 207 cm³/mol. The lowest BCUT2D eigenvalue weighted by Crippen LogP contribution is -2.41. The van der Waals surface area contributed by atoms with Gasteiger partial charge in [-0.2, -0.15) is 4.31 Å². The van der Waals surface area contributed by atoms with Crippen molar-refractivity contribution in [1.82, 2.24) is 4.31 Å². The molecule has 6 rings (SSSR count). The van der Waals surface area contributed by atoms with Crippen LogP contribution in [0.4, 0.5) is 11.4 Å². The second-order valence-corrected chi connectivity index (χ2v) is 15.4. The lowest BCUT2D eigenvalue weighted by atomic mass is 9.84. The number of hydrogen-bond donors (Lipinski definition) is 1. The average Bonchev–Trinajstić information content (AvgIpc) is 3.19. The van der Waals surface area contributed by atoms with Crippen LogP contribution in [-0.2, 0) is 39.3 Å². The number of ether oxygens (including phenoxy) is 2. The lowest BCUT2D eigenvalue weighted by molar-refractivity contribution is -0.118. The van der Waals surface area contributed by atoms with Gasteiger partial charge >= 0.3 is 5.97 Å². The molecule has 0 heterocycles. The Morgan fingerprint density at radius 2 is 1.36 bits per heavy atom. The fourth-order valence-corrected chi connectivity index (χ4v) is 7.64. The van der Waals surface area contributed by atoms with Crippen molar-refractivity contribution in [1.29, 1.82) is 0 Å². The predicted octanol–water partition coefficient (Wildman–Crippen LogP) is 8.11. The Morgan fingerprint density at radius 1 is 0.736 bits per heavy atom. The molecule has 9 nitrogen and oxygen atoms in total. The number of carbonyl (C=O) groups is 2. The smallest absolute Gasteiger partial charge is 0.342 e. The molecule has 53 heavy (non-hydrogen) atoms. The maximum Gasteiger partial charge on any atom is 0.342 e. The summed E-state index contributed by atoms with van der Waals surface area (Å²) in [6.45, 7) is -0.0262. The van der Waals surface area contributed by atoms with E-state index in [1.54, 1.807) is 18.2 Å². The standard InChI is InChI=1S/C43H45N3O6S/c1-45(53(49,50)39-24-21-37(44)22-25-39)29-42(47)46(28-32-17-19-36(20-18-32)35-15-9-4-10-16-35)38-23-26-40(43(48)52-31-34-13-7-3-8-14-34)41(27-38)51-30-33-11-5-2-6-12-33/h2-3,5-8,11-14,17-27,35H,4,9-10,15-16,28-31,44H2,1H3. The number of hydrogen-bond acceptors (Lipinski definition) is 7. The van der Waals surface area contributed by atoms with Gasteiger partial charge in [0, 0.05) is 24.5 Å². The van der Waals surface area contributed by atoms with Crippen LogP contribution in [0.3, 0.4) is 0 Å². The fourth-order valence-electron chi connectivity index (χ4n) is 6.52. The number of nitrogens with zero attached hydrogens (tertiary/aromatic N) is 2. The monoisotopic (exact) mass is 731 g/mol. The SMILES string of the molecule is CN(CC(=O)N(Cc1ccc(C2CCCCC2)cc1)c1ccc(C(=O)OCc2ccccc2)c(OCc2ccccc2)c1)S(=O)(=O)c1ccc(N)cc1. The Balaban J connectivity index is 1.31. The molecule has 0 radical (unpaired) electrons. The number of nitrogens with two attached hydrogens (primary N) is 1. The van der Waals surface area contributed by atoms with Crippen molar-refractivity contribution < 1.29 is 27.5 Å². The van der Waals surface area contributed by atoms with Crippen molar-refractivity contribution in [3.05, 3.63) is 155 Å².